The molecule has 0 unspecified atom stereocenters. The number of furan rings is 1. The van der Waals surface area contributed by atoms with Crippen molar-refractivity contribution >= 4 is 28.9 Å². The van der Waals surface area contributed by atoms with Crippen molar-refractivity contribution in [2.75, 3.05) is 12.4 Å². The van der Waals surface area contributed by atoms with Gasteiger partial charge in [0.15, 0.2) is 11.0 Å². The largest absolute Gasteiger partial charge is 0.494 e. The number of non-ortho nitro benzene ring substituents is 1. The minimum Gasteiger partial charge on any atom is -0.494 e. The Morgan fingerprint density at radius 3 is 2.70 bits per heavy atom. The van der Waals surface area contributed by atoms with E-state index in [-0.39, 0.29) is 28.1 Å². The van der Waals surface area contributed by atoms with Crippen LogP contribution < -0.4 is 10.1 Å². The number of methoxy groups -OCH3 is 1. The van der Waals surface area contributed by atoms with E-state index >= 15 is 0 Å². The number of benzene rings is 1. The maximum atomic E-state index is 11.9. The first-order valence-electron chi connectivity index (χ1n) is 5.40. The van der Waals surface area contributed by atoms with Gasteiger partial charge in [0.2, 0.25) is 0 Å². The molecule has 0 atom stereocenters. The summed E-state index contributed by atoms with van der Waals surface area (Å²) in [4.78, 5) is 22.0. The Bertz CT molecular complexity index is 668. The maximum absolute atomic E-state index is 11.9. The Morgan fingerprint density at radius 1 is 1.40 bits per heavy atom. The third kappa shape index (κ3) is 2.89. The highest BCUT2D eigenvalue weighted by atomic mass is 35.5. The summed E-state index contributed by atoms with van der Waals surface area (Å²) >= 11 is 5.58. The van der Waals surface area contributed by atoms with Crippen molar-refractivity contribution in [3.05, 3.63) is 51.4 Å². The van der Waals surface area contributed by atoms with Crippen LogP contribution in [0.3, 0.4) is 0 Å². The first kappa shape index (κ1) is 13.9. The van der Waals surface area contributed by atoms with E-state index < -0.39 is 10.8 Å². The second-order valence-electron chi connectivity index (χ2n) is 3.70. The molecule has 0 radical (unpaired) electrons. The fourth-order valence-corrected chi connectivity index (χ4v) is 1.66. The Kier molecular flexibility index (Phi) is 3.90. The van der Waals surface area contributed by atoms with E-state index in [0.29, 0.717) is 0 Å². The van der Waals surface area contributed by atoms with Crippen molar-refractivity contribution in [2.24, 2.45) is 0 Å². The standard InChI is InChI=1S/C12H9ClN2O5/c1-19-10-6-7(15(17)18)2-3-8(10)14-12(16)9-4-5-11(13)20-9/h2-6H,1H3,(H,14,16). The predicted molar refractivity (Wildman–Crippen MR) is 71.3 cm³/mol. The Balaban J connectivity index is 2.25. The Hall–Kier alpha value is -2.54. The summed E-state index contributed by atoms with van der Waals surface area (Å²) in [6, 6.07) is 6.69. The number of rotatable bonds is 4. The van der Waals surface area contributed by atoms with Crippen LogP contribution in [0.4, 0.5) is 11.4 Å². The summed E-state index contributed by atoms with van der Waals surface area (Å²) in [6.45, 7) is 0. The predicted octanol–water partition coefficient (Wildman–Crippen LogP) is 3.10. The summed E-state index contributed by atoms with van der Waals surface area (Å²) in [5, 5.41) is 13.3. The first-order chi connectivity index (χ1) is 9.51. The molecule has 8 heteroatoms. The van der Waals surface area contributed by atoms with Gasteiger partial charge in [-0.05, 0) is 29.8 Å². The van der Waals surface area contributed by atoms with E-state index in [1.165, 1.54) is 37.4 Å². The van der Waals surface area contributed by atoms with Gasteiger partial charge in [0, 0.05) is 6.07 Å². The highest BCUT2D eigenvalue weighted by Crippen LogP contribution is 2.29. The number of carbonyl (C=O) groups is 1. The highest BCUT2D eigenvalue weighted by molar-refractivity contribution is 6.29. The molecule has 2 aromatic rings. The van der Waals surface area contributed by atoms with Gasteiger partial charge in [0.05, 0.1) is 23.8 Å². The van der Waals surface area contributed by atoms with E-state index in [1.54, 1.807) is 0 Å². The van der Waals surface area contributed by atoms with Crippen molar-refractivity contribution < 1.29 is 18.9 Å². The van der Waals surface area contributed by atoms with Crippen LogP contribution in [-0.4, -0.2) is 17.9 Å². The van der Waals surface area contributed by atoms with Crippen LogP contribution in [-0.2, 0) is 0 Å². The second kappa shape index (κ2) is 5.62. The normalized spacial score (nSPS) is 10.1. The lowest BCUT2D eigenvalue weighted by molar-refractivity contribution is -0.384. The summed E-state index contributed by atoms with van der Waals surface area (Å²) in [5.41, 5.74) is 0.150. The summed E-state index contributed by atoms with van der Waals surface area (Å²) in [7, 11) is 1.35. The number of nitro benzene ring substituents is 1. The number of amides is 1. The zero-order chi connectivity index (χ0) is 14.7. The third-order valence-electron chi connectivity index (χ3n) is 2.44. The molecule has 0 fully saturated rings. The molecule has 7 nitrogen and oxygen atoms in total. The zero-order valence-electron chi connectivity index (χ0n) is 10.3. The third-order valence-corrected chi connectivity index (χ3v) is 2.64. The minimum atomic E-state index is -0.555. The average Bonchev–Trinajstić information content (AvgIpc) is 2.85. The number of anilines is 1. The Labute approximate surface area is 118 Å². The van der Waals surface area contributed by atoms with Crippen molar-refractivity contribution in [3.8, 4) is 5.75 Å². The van der Waals surface area contributed by atoms with E-state index in [0.717, 1.165) is 0 Å². The molecule has 1 heterocycles. The number of ether oxygens (including phenoxy) is 1. The molecule has 1 N–H and O–H groups in total. The fraction of sp³-hybridized carbons (Fsp3) is 0.0833. The summed E-state index contributed by atoms with van der Waals surface area (Å²) < 4.78 is 9.96. The molecule has 0 aliphatic carbocycles. The van der Waals surface area contributed by atoms with Crippen LogP contribution in [0.2, 0.25) is 5.22 Å². The van der Waals surface area contributed by atoms with Gasteiger partial charge in [-0.2, -0.15) is 0 Å². The van der Waals surface area contributed by atoms with Gasteiger partial charge in [-0.1, -0.05) is 0 Å². The smallest absolute Gasteiger partial charge is 0.291 e. The molecule has 0 aliphatic heterocycles. The molecule has 0 spiro atoms. The number of hydrogen-bond acceptors (Lipinski definition) is 5. The SMILES string of the molecule is COc1cc([N+](=O)[O-])ccc1NC(=O)c1ccc(Cl)o1. The average molecular weight is 297 g/mol. The van der Waals surface area contributed by atoms with Crippen molar-refractivity contribution in [1.82, 2.24) is 0 Å². The summed E-state index contributed by atoms with van der Waals surface area (Å²) in [6.07, 6.45) is 0. The molecule has 1 amide bonds. The molecule has 0 aliphatic rings. The maximum Gasteiger partial charge on any atom is 0.291 e. The van der Waals surface area contributed by atoms with Gasteiger partial charge < -0.3 is 14.5 Å². The van der Waals surface area contributed by atoms with Gasteiger partial charge >= 0.3 is 0 Å². The molecular formula is C12H9ClN2O5. The van der Waals surface area contributed by atoms with Crippen LogP contribution in [0.5, 0.6) is 5.75 Å². The van der Waals surface area contributed by atoms with Crippen LogP contribution in [0.1, 0.15) is 10.6 Å². The van der Waals surface area contributed by atoms with E-state index in [9.17, 15) is 14.9 Å². The molecule has 0 bridgehead atoms. The van der Waals surface area contributed by atoms with Crippen molar-refractivity contribution in [2.45, 2.75) is 0 Å². The molecule has 20 heavy (non-hydrogen) atoms. The van der Waals surface area contributed by atoms with E-state index in [4.69, 9.17) is 20.8 Å². The highest BCUT2D eigenvalue weighted by Gasteiger charge is 2.16. The fourth-order valence-electron chi connectivity index (χ4n) is 1.52. The minimum absolute atomic E-state index is 0.0235. The molecule has 1 aromatic carbocycles. The lowest BCUT2D eigenvalue weighted by atomic mass is 10.2. The van der Waals surface area contributed by atoms with Gasteiger partial charge in [-0.3, -0.25) is 14.9 Å². The van der Waals surface area contributed by atoms with Gasteiger partial charge in [0.1, 0.15) is 5.75 Å². The molecule has 0 saturated carbocycles. The Morgan fingerprint density at radius 2 is 2.15 bits per heavy atom. The van der Waals surface area contributed by atoms with Gasteiger partial charge in [-0.15, -0.1) is 0 Å². The molecule has 2 rings (SSSR count). The van der Waals surface area contributed by atoms with Gasteiger partial charge in [-0.25, -0.2) is 0 Å². The topological polar surface area (TPSA) is 94.6 Å². The number of nitrogens with zero attached hydrogens (tertiary/aromatic N) is 1. The molecule has 0 saturated heterocycles. The van der Waals surface area contributed by atoms with Crippen LogP contribution in [0.25, 0.3) is 0 Å². The van der Waals surface area contributed by atoms with Crippen molar-refractivity contribution in [3.63, 3.8) is 0 Å². The van der Waals surface area contributed by atoms with Gasteiger partial charge in [0.25, 0.3) is 11.6 Å². The first-order valence-corrected chi connectivity index (χ1v) is 5.78. The monoisotopic (exact) mass is 296 g/mol. The second-order valence-corrected chi connectivity index (χ2v) is 4.07. The van der Waals surface area contributed by atoms with Crippen LogP contribution in [0.15, 0.2) is 34.7 Å². The van der Waals surface area contributed by atoms with Crippen LogP contribution in [0, 0.1) is 10.1 Å². The quantitative estimate of drug-likeness (QED) is 0.691. The lowest BCUT2D eigenvalue weighted by Gasteiger charge is -2.08. The number of nitrogens with one attached hydrogen (secondary N) is 1. The number of hydrogen-bond donors (Lipinski definition) is 1. The number of halogens is 1. The van der Waals surface area contributed by atoms with Crippen molar-refractivity contribution in [1.29, 1.82) is 0 Å². The molecular weight excluding hydrogens is 288 g/mol. The molecule has 104 valence electrons. The zero-order valence-corrected chi connectivity index (χ0v) is 11.0. The molecule has 1 aromatic heterocycles. The summed E-state index contributed by atoms with van der Waals surface area (Å²) in [5.74, 6) is -0.343. The number of carbonyl (C=O) groups excluding carboxylic acids is 1. The number of nitro groups is 1. The van der Waals surface area contributed by atoms with E-state index in [1.807, 2.05) is 0 Å². The lowest BCUT2D eigenvalue weighted by Crippen LogP contribution is -2.11. The van der Waals surface area contributed by atoms with Crippen LogP contribution >= 0.6 is 11.6 Å². The van der Waals surface area contributed by atoms with E-state index in [2.05, 4.69) is 5.32 Å².